The summed E-state index contributed by atoms with van der Waals surface area (Å²) in [5.74, 6) is 0.384. The highest BCUT2D eigenvalue weighted by Crippen LogP contribution is 2.19. The number of hydrogen-bond acceptors (Lipinski definition) is 3. The van der Waals surface area contributed by atoms with E-state index >= 15 is 0 Å². The van der Waals surface area contributed by atoms with Crippen LogP contribution in [0.25, 0.3) is 0 Å². The number of ether oxygens (including phenoxy) is 2. The summed E-state index contributed by atoms with van der Waals surface area (Å²) in [5.41, 5.74) is 1.45. The number of hydrogen-bond donors (Lipinski definition) is 1. The first kappa shape index (κ1) is 15.8. The number of halogens is 1. The predicted molar refractivity (Wildman–Crippen MR) is 82.9 cm³/mol. The third kappa shape index (κ3) is 4.22. The Morgan fingerprint density at radius 1 is 1.09 bits per heavy atom. The van der Waals surface area contributed by atoms with E-state index < -0.39 is 5.82 Å². The molecule has 0 saturated heterocycles. The molecule has 0 saturated carbocycles. The van der Waals surface area contributed by atoms with Crippen molar-refractivity contribution >= 4 is 11.6 Å². The van der Waals surface area contributed by atoms with Crippen LogP contribution in [0.2, 0.25) is 0 Å². The Kier molecular flexibility index (Phi) is 5.36. The van der Waals surface area contributed by atoms with Crippen LogP contribution in [0, 0.1) is 5.82 Å². The zero-order valence-corrected chi connectivity index (χ0v) is 12.6. The largest absolute Gasteiger partial charge is 0.497 e. The molecule has 2 rings (SSSR count). The number of nitrogens with one attached hydrogen (secondary N) is 1. The lowest BCUT2D eigenvalue weighted by Gasteiger charge is -2.07. The first-order chi connectivity index (χ1) is 10.6. The molecule has 4 nitrogen and oxygen atoms in total. The number of carbonyl (C=O) groups is 1. The zero-order valence-electron chi connectivity index (χ0n) is 12.6. The molecule has 0 aliphatic rings. The van der Waals surface area contributed by atoms with E-state index in [2.05, 4.69) is 5.32 Å². The van der Waals surface area contributed by atoms with Gasteiger partial charge in [0.15, 0.2) is 11.6 Å². The van der Waals surface area contributed by atoms with Crippen LogP contribution < -0.4 is 14.8 Å². The fourth-order valence-corrected chi connectivity index (χ4v) is 2.02. The van der Waals surface area contributed by atoms with Crippen molar-refractivity contribution in [1.82, 2.24) is 0 Å². The molecule has 1 N–H and O–H groups in total. The third-order valence-electron chi connectivity index (χ3n) is 3.23. The van der Waals surface area contributed by atoms with Crippen LogP contribution in [0.1, 0.15) is 12.0 Å². The molecular formula is C17H18FNO3. The van der Waals surface area contributed by atoms with Crippen molar-refractivity contribution < 1.29 is 18.7 Å². The van der Waals surface area contributed by atoms with Crippen molar-refractivity contribution in [2.75, 3.05) is 19.5 Å². The first-order valence-electron chi connectivity index (χ1n) is 6.88. The van der Waals surface area contributed by atoms with E-state index in [4.69, 9.17) is 9.47 Å². The molecule has 0 aromatic heterocycles. The molecule has 0 aliphatic carbocycles. The number of amides is 1. The third-order valence-corrected chi connectivity index (χ3v) is 3.23. The van der Waals surface area contributed by atoms with Crippen molar-refractivity contribution in [1.29, 1.82) is 0 Å². The molecule has 0 aliphatic heterocycles. The predicted octanol–water partition coefficient (Wildman–Crippen LogP) is 3.41. The van der Waals surface area contributed by atoms with Gasteiger partial charge in [0, 0.05) is 12.1 Å². The van der Waals surface area contributed by atoms with Crippen LogP contribution in [-0.2, 0) is 11.2 Å². The highest BCUT2D eigenvalue weighted by Gasteiger charge is 2.07. The Balaban J connectivity index is 1.88. The van der Waals surface area contributed by atoms with Gasteiger partial charge in [-0.05, 0) is 48.4 Å². The minimum atomic E-state index is -0.421. The van der Waals surface area contributed by atoms with E-state index in [1.807, 2.05) is 0 Å². The van der Waals surface area contributed by atoms with E-state index in [0.29, 0.717) is 12.1 Å². The minimum Gasteiger partial charge on any atom is -0.497 e. The highest BCUT2D eigenvalue weighted by molar-refractivity contribution is 5.90. The second-order valence-corrected chi connectivity index (χ2v) is 4.75. The molecule has 0 spiro atoms. The molecule has 5 heteroatoms. The maximum atomic E-state index is 13.6. The minimum absolute atomic E-state index is 0.124. The van der Waals surface area contributed by atoms with Gasteiger partial charge in [-0.25, -0.2) is 4.39 Å². The van der Waals surface area contributed by atoms with Crippen LogP contribution in [-0.4, -0.2) is 20.1 Å². The average Bonchev–Trinajstić information content (AvgIpc) is 2.54. The summed E-state index contributed by atoms with van der Waals surface area (Å²) < 4.78 is 23.5. The first-order valence-corrected chi connectivity index (χ1v) is 6.88. The number of benzene rings is 2. The molecule has 0 heterocycles. The van der Waals surface area contributed by atoms with Crippen molar-refractivity contribution in [3.05, 3.63) is 53.8 Å². The van der Waals surface area contributed by atoms with Crippen LogP contribution in [0.3, 0.4) is 0 Å². The Labute approximate surface area is 128 Å². The van der Waals surface area contributed by atoms with Crippen molar-refractivity contribution in [2.45, 2.75) is 12.8 Å². The van der Waals surface area contributed by atoms with Crippen LogP contribution in [0.4, 0.5) is 10.1 Å². The monoisotopic (exact) mass is 303 g/mol. The van der Waals surface area contributed by atoms with Crippen LogP contribution in [0.15, 0.2) is 42.5 Å². The van der Waals surface area contributed by atoms with Gasteiger partial charge < -0.3 is 14.8 Å². The fraction of sp³-hybridized carbons (Fsp3) is 0.235. The zero-order chi connectivity index (χ0) is 15.9. The summed E-state index contributed by atoms with van der Waals surface area (Å²) in [6.07, 6.45) is 0.737. The molecule has 22 heavy (non-hydrogen) atoms. The molecule has 0 unspecified atom stereocenters. The Morgan fingerprint density at radius 3 is 2.41 bits per heavy atom. The summed E-state index contributed by atoms with van der Waals surface area (Å²) >= 11 is 0. The number of rotatable bonds is 6. The molecule has 116 valence electrons. The summed E-state index contributed by atoms with van der Waals surface area (Å²) in [6.45, 7) is 0. The smallest absolute Gasteiger partial charge is 0.224 e. The molecule has 0 fully saturated rings. The number of methoxy groups -OCH3 is 2. The maximum Gasteiger partial charge on any atom is 0.224 e. The number of anilines is 1. The summed E-state index contributed by atoms with van der Waals surface area (Å²) in [6, 6.07) is 11.8. The van der Waals surface area contributed by atoms with Crippen LogP contribution >= 0.6 is 0 Å². The highest BCUT2D eigenvalue weighted by atomic mass is 19.1. The van der Waals surface area contributed by atoms with E-state index in [0.717, 1.165) is 11.3 Å². The quantitative estimate of drug-likeness (QED) is 0.889. The lowest BCUT2D eigenvalue weighted by Crippen LogP contribution is -2.12. The second kappa shape index (κ2) is 7.45. The van der Waals surface area contributed by atoms with Gasteiger partial charge in [0.05, 0.1) is 14.2 Å². The van der Waals surface area contributed by atoms with Gasteiger partial charge >= 0.3 is 0 Å². The van der Waals surface area contributed by atoms with Gasteiger partial charge in [-0.2, -0.15) is 0 Å². The lowest BCUT2D eigenvalue weighted by molar-refractivity contribution is -0.116. The second-order valence-electron chi connectivity index (χ2n) is 4.75. The van der Waals surface area contributed by atoms with E-state index in [9.17, 15) is 9.18 Å². The van der Waals surface area contributed by atoms with Gasteiger partial charge in [-0.3, -0.25) is 4.79 Å². The molecule has 2 aromatic carbocycles. The molecule has 0 radical (unpaired) electrons. The van der Waals surface area contributed by atoms with Crippen molar-refractivity contribution in [2.24, 2.45) is 0 Å². The van der Waals surface area contributed by atoms with Gasteiger partial charge in [-0.15, -0.1) is 0 Å². The normalized spacial score (nSPS) is 10.1. The van der Waals surface area contributed by atoms with E-state index in [1.165, 1.54) is 13.2 Å². The van der Waals surface area contributed by atoms with Gasteiger partial charge in [0.1, 0.15) is 5.75 Å². The standard InChI is InChI=1S/C17H18FNO3/c1-21-14-7-5-13(6-8-14)19-17(20)10-4-12-3-9-16(22-2)15(18)11-12/h3,5-9,11H,4,10H2,1-2H3,(H,19,20). The fourth-order valence-electron chi connectivity index (χ4n) is 2.02. The average molecular weight is 303 g/mol. The summed E-state index contributed by atoms with van der Waals surface area (Å²) in [5, 5.41) is 2.79. The maximum absolute atomic E-state index is 13.6. The van der Waals surface area contributed by atoms with Crippen LogP contribution in [0.5, 0.6) is 11.5 Å². The summed E-state index contributed by atoms with van der Waals surface area (Å²) in [4.78, 5) is 11.9. The van der Waals surface area contributed by atoms with E-state index in [-0.39, 0.29) is 18.1 Å². The van der Waals surface area contributed by atoms with Crippen molar-refractivity contribution in [3.63, 3.8) is 0 Å². The lowest BCUT2D eigenvalue weighted by atomic mass is 10.1. The Morgan fingerprint density at radius 2 is 1.82 bits per heavy atom. The van der Waals surface area contributed by atoms with Gasteiger partial charge in [0.25, 0.3) is 0 Å². The Bertz CT molecular complexity index is 641. The number of carbonyl (C=O) groups excluding carboxylic acids is 1. The molecular weight excluding hydrogens is 285 g/mol. The topological polar surface area (TPSA) is 47.6 Å². The Hall–Kier alpha value is -2.56. The molecule has 0 atom stereocenters. The van der Waals surface area contributed by atoms with Gasteiger partial charge in [0.2, 0.25) is 5.91 Å². The SMILES string of the molecule is COc1ccc(NC(=O)CCc2ccc(OC)c(F)c2)cc1. The molecule has 0 bridgehead atoms. The van der Waals surface area contributed by atoms with E-state index in [1.54, 1.807) is 43.5 Å². The molecule has 1 amide bonds. The van der Waals surface area contributed by atoms with Crippen molar-refractivity contribution in [3.8, 4) is 11.5 Å². The number of aryl methyl sites for hydroxylation is 1. The van der Waals surface area contributed by atoms with Gasteiger partial charge in [-0.1, -0.05) is 6.07 Å². The molecule has 2 aromatic rings. The summed E-state index contributed by atoms with van der Waals surface area (Å²) in [7, 11) is 3.00.